The molecule has 0 heterocycles. The first-order valence-corrected chi connectivity index (χ1v) is 6.26. The van der Waals surface area contributed by atoms with Gasteiger partial charge in [-0.1, -0.05) is 45.9 Å². The van der Waals surface area contributed by atoms with Crippen LogP contribution in [0, 0.1) is 6.92 Å². The summed E-state index contributed by atoms with van der Waals surface area (Å²) in [5.74, 6) is 0. The van der Waals surface area contributed by atoms with E-state index in [0.717, 1.165) is 13.1 Å². The maximum Gasteiger partial charge on any atom is 0.0208 e. The van der Waals surface area contributed by atoms with E-state index in [-0.39, 0.29) is 5.41 Å². The van der Waals surface area contributed by atoms with Gasteiger partial charge in [-0.3, -0.25) is 0 Å². The van der Waals surface area contributed by atoms with E-state index >= 15 is 0 Å². The number of hydrogen-bond donors (Lipinski definition) is 1. The normalized spacial score (nSPS) is 11.8. The van der Waals surface area contributed by atoms with Crippen LogP contribution in [0.3, 0.4) is 0 Å². The monoisotopic (exact) mass is 219 g/mol. The van der Waals surface area contributed by atoms with Crippen molar-refractivity contribution in [3.63, 3.8) is 0 Å². The summed E-state index contributed by atoms with van der Waals surface area (Å²) in [5.41, 5.74) is 4.48. The van der Waals surface area contributed by atoms with Gasteiger partial charge >= 0.3 is 0 Å². The van der Waals surface area contributed by atoms with Crippen LogP contribution in [-0.2, 0) is 12.0 Å². The summed E-state index contributed by atoms with van der Waals surface area (Å²) in [7, 11) is 0. The van der Waals surface area contributed by atoms with Gasteiger partial charge < -0.3 is 5.32 Å². The molecule has 0 atom stereocenters. The lowest BCUT2D eigenvalue weighted by atomic mass is 9.85. The summed E-state index contributed by atoms with van der Waals surface area (Å²) < 4.78 is 0. The molecule has 1 heteroatoms. The quantitative estimate of drug-likeness (QED) is 0.760. The molecule has 0 fully saturated rings. The van der Waals surface area contributed by atoms with Gasteiger partial charge in [0, 0.05) is 6.54 Å². The van der Waals surface area contributed by atoms with Crippen molar-refractivity contribution in [1.29, 1.82) is 0 Å². The molecule has 0 aromatic heterocycles. The molecule has 0 bridgehead atoms. The van der Waals surface area contributed by atoms with Crippen molar-refractivity contribution in [3.05, 3.63) is 34.9 Å². The van der Waals surface area contributed by atoms with E-state index in [1.54, 1.807) is 0 Å². The molecular weight excluding hydrogens is 194 g/mol. The van der Waals surface area contributed by atoms with E-state index in [1.165, 1.54) is 23.1 Å². The molecule has 1 rings (SSSR count). The van der Waals surface area contributed by atoms with Gasteiger partial charge in [-0.15, -0.1) is 0 Å². The fourth-order valence-electron chi connectivity index (χ4n) is 1.73. The fraction of sp³-hybridized carbons (Fsp3) is 0.600. The average Bonchev–Trinajstić information content (AvgIpc) is 2.19. The first-order chi connectivity index (χ1) is 7.45. The van der Waals surface area contributed by atoms with Crippen LogP contribution in [0.25, 0.3) is 0 Å². The van der Waals surface area contributed by atoms with Gasteiger partial charge in [-0.25, -0.2) is 0 Å². The van der Waals surface area contributed by atoms with Crippen LogP contribution in [0.2, 0.25) is 0 Å². The molecule has 0 unspecified atom stereocenters. The second-order valence-corrected chi connectivity index (χ2v) is 5.57. The zero-order valence-corrected chi connectivity index (χ0v) is 11.4. The van der Waals surface area contributed by atoms with E-state index in [0.29, 0.717) is 0 Å². The summed E-state index contributed by atoms with van der Waals surface area (Å²) >= 11 is 0. The lowest BCUT2D eigenvalue weighted by Crippen LogP contribution is -2.16. The van der Waals surface area contributed by atoms with Gasteiger partial charge in [0.2, 0.25) is 0 Å². The standard InChI is InChI=1S/C15H25N/c1-6-9-16-11-13-10-14(15(3,4)5)8-7-12(13)2/h7-8,10,16H,6,9,11H2,1-5H3. The third-order valence-corrected chi connectivity index (χ3v) is 2.96. The molecular formula is C15H25N. The highest BCUT2D eigenvalue weighted by Crippen LogP contribution is 2.24. The van der Waals surface area contributed by atoms with Crippen molar-refractivity contribution in [2.45, 2.75) is 53.0 Å². The maximum absolute atomic E-state index is 3.47. The Balaban J connectivity index is 2.83. The minimum atomic E-state index is 0.243. The molecule has 0 amide bonds. The van der Waals surface area contributed by atoms with Gasteiger partial charge in [0.25, 0.3) is 0 Å². The molecule has 0 radical (unpaired) electrons. The van der Waals surface area contributed by atoms with E-state index in [1.807, 2.05) is 0 Å². The topological polar surface area (TPSA) is 12.0 Å². The van der Waals surface area contributed by atoms with Gasteiger partial charge in [0.05, 0.1) is 0 Å². The minimum absolute atomic E-state index is 0.243. The van der Waals surface area contributed by atoms with Crippen molar-refractivity contribution in [2.75, 3.05) is 6.54 Å². The number of hydrogen-bond acceptors (Lipinski definition) is 1. The Kier molecular flexibility index (Phi) is 4.55. The summed E-state index contributed by atoms with van der Waals surface area (Å²) in [6.45, 7) is 13.3. The van der Waals surface area contributed by atoms with Crippen LogP contribution >= 0.6 is 0 Å². The van der Waals surface area contributed by atoms with Crippen LogP contribution in [-0.4, -0.2) is 6.54 Å². The molecule has 0 aliphatic heterocycles. The summed E-state index contributed by atoms with van der Waals surface area (Å²) in [6, 6.07) is 6.83. The predicted molar refractivity (Wildman–Crippen MR) is 71.9 cm³/mol. The zero-order chi connectivity index (χ0) is 12.2. The molecule has 0 saturated heterocycles. The van der Waals surface area contributed by atoms with Gasteiger partial charge in [-0.05, 0) is 42.0 Å². The first-order valence-electron chi connectivity index (χ1n) is 6.26. The minimum Gasteiger partial charge on any atom is -0.313 e. The van der Waals surface area contributed by atoms with Crippen molar-refractivity contribution < 1.29 is 0 Å². The van der Waals surface area contributed by atoms with Crippen molar-refractivity contribution >= 4 is 0 Å². The molecule has 0 aliphatic rings. The molecule has 1 aromatic rings. The number of benzene rings is 1. The molecule has 0 spiro atoms. The Hall–Kier alpha value is -0.820. The Morgan fingerprint density at radius 3 is 2.44 bits per heavy atom. The van der Waals surface area contributed by atoms with E-state index < -0.39 is 0 Å². The summed E-state index contributed by atoms with van der Waals surface area (Å²) in [4.78, 5) is 0. The highest BCUT2D eigenvalue weighted by Gasteiger charge is 2.14. The average molecular weight is 219 g/mol. The Labute approximate surface area is 100 Å². The predicted octanol–water partition coefficient (Wildman–Crippen LogP) is 3.79. The molecule has 16 heavy (non-hydrogen) atoms. The fourth-order valence-corrected chi connectivity index (χ4v) is 1.73. The van der Waals surface area contributed by atoms with Crippen LogP contribution in [0.1, 0.15) is 50.8 Å². The second kappa shape index (κ2) is 5.49. The number of rotatable bonds is 4. The highest BCUT2D eigenvalue weighted by atomic mass is 14.8. The number of nitrogens with one attached hydrogen (secondary N) is 1. The van der Waals surface area contributed by atoms with Crippen molar-refractivity contribution in [1.82, 2.24) is 5.32 Å². The van der Waals surface area contributed by atoms with E-state index in [9.17, 15) is 0 Å². The molecule has 1 N–H and O–H groups in total. The Morgan fingerprint density at radius 2 is 1.88 bits per heavy atom. The third kappa shape index (κ3) is 3.64. The van der Waals surface area contributed by atoms with E-state index in [2.05, 4.69) is 58.1 Å². The van der Waals surface area contributed by atoms with Crippen LogP contribution < -0.4 is 5.32 Å². The Bertz CT molecular complexity index is 334. The smallest absolute Gasteiger partial charge is 0.0208 e. The van der Waals surface area contributed by atoms with Crippen LogP contribution in [0.15, 0.2) is 18.2 Å². The number of aryl methyl sites for hydroxylation is 1. The highest BCUT2D eigenvalue weighted by molar-refractivity contribution is 5.34. The Morgan fingerprint density at radius 1 is 1.19 bits per heavy atom. The first kappa shape index (κ1) is 13.2. The molecule has 1 nitrogen and oxygen atoms in total. The molecule has 90 valence electrons. The van der Waals surface area contributed by atoms with Gasteiger partial charge in [-0.2, -0.15) is 0 Å². The van der Waals surface area contributed by atoms with Crippen molar-refractivity contribution in [2.24, 2.45) is 0 Å². The van der Waals surface area contributed by atoms with Crippen LogP contribution in [0.5, 0.6) is 0 Å². The largest absolute Gasteiger partial charge is 0.313 e. The maximum atomic E-state index is 3.47. The lowest BCUT2D eigenvalue weighted by Gasteiger charge is -2.21. The summed E-state index contributed by atoms with van der Waals surface area (Å²) in [6.07, 6.45) is 1.19. The van der Waals surface area contributed by atoms with Crippen LogP contribution in [0.4, 0.5) is 0 Å². The lowest BCUT2D eigenvalue weighted by molar-refractivity contribution is 0.587. The van der Waals surface area contributed by atoms with Gasteiger partial charge in [0.15, 0.2) is 0 Å². The van der Waals surface area contributed by atoms with Crippen molar-refractivity contribution in [3.8, 4) is 0 Å². The van der Waals surface area contributed by atoms with E-state index in [4.69, 9.17) is 0 Å². The molecule has 1 aromatic carbocycles. The summed E-state index contributed by atoms with van der Waals surface area (Å²) in [5, 5.41) is 3.47. The third-order valence-electron chi connectivity index (χ3n) is 2.96. The van der Waals surface area contributed by atoms with Gasteiger partial charge in [0.1, 0.15) is 0 Å². The molecule has 0 saturated carbocycles. The second-order valence-electron chi connectivity index (χ2n) is 5.57. The SMILES string of the molecule is CCCNCc1cc(C(C)(C)C)ccc1C. The molecule has 0 aliphatic carbocycles. The zero-order valence-electron chi connectivity index (χ0n) is 11.4.